The number of benzene rings is 3. The van der Waals surface area contributed by atoms with Gasteiger partial charge in [-0.05, 0) is 29.5 Å². The molecule has 3 rings (SSSR count). The van der Waals surface area contributed by atoms with Crippen LogP contribution in [0.2, 0.25) is 0 Å². The van der Waals surface area contributed by atoms with E-state index in [9.17, 15) is 0 Å². The van der Waals surface area contributed by atoms with Gasteiger partial charge in [-0.3, -0.25) is 0 Å². The topological polar surface area (TPSA) is 26.0 Å². The normalized spacial score (nSPS) is 11.3. The molecule has 3 aromatic carbocycles. The molecule has 2 N–H and O–H groups in total. The fraction of sp³-hybridized carbons (Fsp3) is 0.143. The predicted molar refractivity (Wildman–Crippen MR) is 92.6 cm³/mol. The highest BCUT2D eigenvalue weighted by Gasteiger charge is 2.27. The van der Waals surface area contributed by atoms with Gasteiger partial charge in [0.25, 0.3) is 0 Å². The minimum Gasteiger partial charge on any atom is -0.321 e. The smallest absolute Gasteiger partial charge is 0.0491 e. The summed E-state index contributed by atoms with van der Waals surface area (Å²) in [6.45, 7) is 0. The number of hydrogen-bond acceptors (Lipinski definition) is 1. The Morgan fingerprint density at radius 3 is 1.32 bits per heavy atom. The standard InChI is InChI=1S/C21H21N/c22-21(20-14-8-3-9-15-20,16-18-10-4-1-5-11-18)17-19-12-6-2-7-13-19/h1-15H,16-17,22H2. The van der Waals surface area contributed by atoms with Crippen LogP contribution in [0.4, 0.5) is 0 Å². The Hall–Kier alpha value is -2.38. The molecule has 0 radical (unpaired) electrons. The van der Waals surface area contributed by atoms with Gasteiger partial charge in [0.1, 0.15) is 0 Å². The first-order valence-electron chi connectivity index (χ1n) is 7.68. The van der Waals surface area contributed by atoms with Gasteiger partial charge < -0.3 is 5.73 Å². The Balaban J connectivity index is 1.95. The average Bonchev–Trinajstić information content (AvgIpc) is 2.57. The predicted octanol–water partition coefficient (Wildman–Crippen LogP) is 4.33. The lowest BCUT2D eigenvalue weighted by molar-refractivity contribution is 0.437. The largest absolute Gasteiger partial charge is 0.321 e. The molecule has 0 atom stereocenters. The van der Waals surface area contributed by atoms with Crippen LogP contribution in [0.3, 0.4) is 0 Å². The molecule has 0 saturated heterocycles. The number of nitrogens with two attached hydrogens (primary N) is 1. The zero-order valence-corrected chi connectivity index (χ0v) is 12.7. The van der Waals surface area contributed by atoms with Gasteiger partial charge in [0.15, 0.2) is 0 Å². The molecule has 110 valence electrons. The summed E-state index contributed by atoms with van der Waals surface area (Å²) in [4.78, 5) is 0. The molecule has 0 aliphatic rings. The zero-order chi connectivity index (χ0) is 15.3. The molecule has 0 spiro atoms. The molecule has 0 aliphatic carbocycles. The third-order valence-electron chi connectivity index (χ3n) is 4.07. The summed E-state index contributed by atoms with van der Waals surface area (Å²) < 4.78 is 0. The Morgan fingerprint density at radius 1 is 0.545 bits per heavy atom. The van der Waals surface area contributed by atoms with Gasteiger partial charge in [-0.15, -0.1) is 0 Å². The molecule has 0 aromatic heterocycles. The lowest BCUT2D eigenvalue weighted by Crippen LogP contribution is -2.41. The molecule has 0 fully saturated rings. The molecule has 0 unspecified atom stereocenters. The molecule has 1 nitrogen and oxygen atoms in total. The van der Waals surface area contributed by atoms with E-state index in [1.54, 1.807) is 0 Å². The molecule has 0 amide bonds. The summed E-state index contributed by atoms with van der Waals surface area (Å²) >= 11 is 0. The minimum absolute atomic E-state index is 0.399. The maximum absolute atomic E-state index is 6.88. The van der Waals surface area contributed by atoms with Crippen LogP contribution >= 0.6 is 0 Å². The van der Waals surface area contributed by atoms with Gasteiger partial charge in [-0.1, -0.05) is 91.0 Å². The van der Waals surface area contributed by atoms with E-state index in [1.807, 2.05) is 18.2 Å². The van der Waals surface area contributed by atoms with E-state index < -0.39 is 5.54 Å². The summed E-state index contributed by atoms with van der Waals surface area (Å²) in [5.41, 5.74) is 10.2. The summed E-state index contributed by atoms with van der Waals surface area (Å²) in [5.74, 6) is 0. The zero-order valence-electron chi connectivity index (χ0n) is 12.7. The number of rotatable bonds is 5. The van der Waals surface area contributed by atoms with E-state index in [-0.39, 0.29) is 0 Å². The van der Waals surface area contributed by atoms with Crippen molar-refractivity contribution >= 4 is 0 Å². The Kier molecular flexibility index (Phi) is 4.36. The van der Waals surface area contributed by atoms with Crippen LogP contribution in [0, 0.1) is 0 Å². The first-order chi connectivity index (χ1) is 10.8. The summed E-state index contributed by atoms with van der Waals surface area (Å²) in [6, 6.07) is 31.4. The second-order valence-corrected chi connectivity index (χ2v) is 5.85. The van der Waals surface area contributed by atoms with Crippen LogP contribution in [0.1, 0.15) is 16.7 Å². The van der Waals surface area contributed by atoms with Gasteiger partial charge in [0, 0.05) is 5.54 Å². The van der Waals surface area contributed by atoms with Crippen molar-refractivity contribution in [3.05, 3.63) is 108 Å². The third-order valence-corrected chi connectivity index (χ3v) is 4.07. The highest BCUT2D eigenvalue weighted by atomic mass is 14.7. The highest BCUT2D eigenvalue weighted by Crippen LogP contribution is 2.27. The Bertz CT molecular complexity index is 648. The van der Waals surface area contributed by atoms with Crippen molar-refractivity contribution < 1.29 is 0 Å². The molecular weight excluding hydrogens is 266 g/mol. The molecule has 3 aromatic rings. The average molecular weight is 287 g/mol. The van der Waals surface area contributed by atoms with E-state index in [4.69, 9.17) is 5.73 Å². The van der Waals surface area contributed by atoms with Crippen molar-refractivity contribution in [2.24, 2.45) is 5.73 Å². The second-order valence-electron chi connectivity index (χ2n) is 5.85. The lowest BCUT2D eigenvalue weighted by atomic mass is 9.80. The van der Waals surface area contributed by atoms with Crippen molar-refractivity contribution in [2.45, 2.75) is 18.4 Å². The second kappa shape index (κ2) is 6.59. The van der Waals surface area contributed by atoms with E-state index in [1.165, 1.54) is 16.7 Å². The van der Waals surface area contributed by atoms with Gasteiger partial charge in [-0.2, -0.15) is 0 Å². The highest BCUT2D eigenvalue weighted by molar-refractivity contribution is 5.31. The van der Waals surface area contributed by atoms with Crippen LogP contribution in [0.15, 0.2) is 91.0 Å². The maximum Gasteiger partial charge on any atom is 0.0491 e. The van der Waals surface area contributed by atoms with Crippen molar-refractivity contribution in [3.63, 3.8) is 0 Å². The van der Waals surface area contributed by atoms with Crippen molar-refractivity contribution in [1.29, 1.82) is 0 Å². The van der Waals surface area contributed by atoms with E-state index in [0.717, 1.165) is 12.8 Å². The van der Waals surface area contributed by atoms with Gasteiger partial charge in [0.05, 0.1) is 0 Å². The minimum atomic E-state index is -0.399. The molecular formula is C21H21N. The molecule has 0 aliphatic heterocycles. The first-order valence-corrected chi connectivity index (χ1v) is 7.68. The monoisotopic (exact) mass is 287 g/mol. The summed E-state index contributed by atoms with van der Waals surface area (Å²) in [7, 11) is 0. The quantitative estimate of drug-likeness (QED) is 0.743. The first kappa shape index (κ1) is 14.6. The van der Waals surface area contributed by atoms with Crippen molar-refractivity contribution in [1.82, 2.24) is 0 Å². The van der Waals surface area contributed by atoms with E-state index in [0.29, 0.717) is 0 Å². The SMILES string of the molecule is NC(Cc1ccccc1)(Cc1ccccc1)c1ccccc1. The molecule has 1 heteroatoms. The Morgan fingerprint density at radius 2 is 0.909 bits per heavy atom. The maximum atomic E-state index is 6.88. The lowest BCUT2D eigenvalue weighted by Gasteiger charge is -2.31. The number of hydrogen-bond donors (Lipinski definition) is 1. The van der Waals surface area contributed by atoms with Crippen LogP contribution in [-0.2, 0) is 18.4 Å². The third kappa shape index (κ3) is 3.44. The van der Waals surface area contributed by atoms with Crippen LogP contribution in [0.25, 0.3) is 0 Å². The molecule has 0 heterocycles. The van der Waals surface area contributed by atoms with E-state index >= 15 is 0 Å². The molecule has 22 heavy (non-hydrogen) atoms. The van der Waals surface area contributed by atoms with Gasteiger partial charge in [-0.25, -0.2) is 0 Å². The fourth-order valence-corrected chi connectivity index (χ4v) is 2.96. The van der Waals surface area contributed by atoms with E-state index in [2.05, 4.69) is 72.8 Å². The van der Waals surface area contributed by atoms with Crippen LogP contribution in [-0.4, -0.2) is 0 Å². The van der Waals surface area contributed by atoms with Gasteiger partial charge >= 0.3 is 0 Å². The summed E-state index contributed by atoms with van der Waals surface area (Å²) in [6.07, 6.45) is 1.65. The summed E-state index contributed by atoms with van der Waals surface area (Å²) in [5, 5.41) is 0. The fourth-order valence-electron chi connectivity index (χ4n) is 2.96. The molecule has 0 saturated carbocycles. The van der Waals surface area contributed by atoms with Crippen molar-refractivity contribution in [3.8, 4) is 0 Å². The Labute approximate surface area is 132 Å². The van der Waals surface area contributed by atoms with Crippen LogP contribution < -0.4 is 5.73 Å². The van der Waals surface area contributed by atoms with Crippen LogP contribution in [0.5, 0.6) is 0 Å². The van der Waals surface area contributed by atoms with Gasteiger partial charge in [0.2, 0.25) is 0 Å². The van der Waals surface area contributed by atoms with Crippen molar-refractivity contribution in [2.75, 3.05) is 0 Å². The molecule has 0 bridgehead atoms.